The topological polar surface area (TPSA) is 58.2 Å². The van der Waals surface area contributed by atoms with Crippen molar-refractivity contribution in [1.82, 2.24) is 10.6 Å². The molecule has 0 atom stereocenters. The van der Waals surface area contributed by atoms with E-state index in [1.165, 1.54) is 103 Å². The van der Waals surface area contributed by atoms with Crippen LogP contribution in [0.2, 0.25) is 0 Å². The largest absolute Gasteiger partial charge is 0.303 e. The van der Waals surface area contributed by atoms with Crippen molar-refractivity contribution in [3.05, 3.63) is 24.3 Å². The predicted octanol–water partition coefficient (Wildman–Crippen LogP) is 10.0. The molecule has 0 aliphatic heterocycles. The second kappa shape index (κ2) is 30.1. The summed E-state index contributed by atoms with van der Waals surface area (Å²) in [5.74, 6) is -0.201. The van der Waals surface area contributed by atoms with Crippen molar-refractivity contribution in [1.29, 1.82) is 0 Å². The van der Waals surface area contributed by atoms with Crippen molar-refractivity contribution in [2.75, 3.05) is 0 Å². The molecule has 4 nitrogen and oxygen atoms in total. The first-order valence-corrected chi connectivity index (χ1v) is 16.4. The number of unbranched alkanes of at least 4 members (excludes halogenated alkanes) is 18. The fourth-order valence-corrected chi connectivity index (χ4v) is 4.64. The number of hydrogen-bond donors (Lipinski definition) is 2. The molecular formula is C33H60N2O2S. The maximum Gasteiger partial charge on any atom is 0.226 e. The highest BCUT2D eigenvalue weighted by atomic mass is 32.1. The molecule has 38 heavy (non-hydrogen) atoms. The molecule has 0 bridgehead atoms. The monoisotopic (exact) mass is 548 g/mol. The summed E-state index contributed by atoms with van der Waals surface area (Å²) in [4.78, 5) is 24.1. The highest BCUT2D eigenvalue weighted by Gasteiger charge is 2.08. The summed E-state index contributed by atoms with van der Waals surface area (Å²) in [6.07, 6.45) is 36.7. The molecular weight excluding hydrogens is 488 g/mol. The van der Waals surface area contributed by atoms with Crippen LogP contribution in [-0.4, -0.2) is 16.9 Å². The lowest BCUT2D eigenvalue weighted by Crippen LogP contribution is -2.42. The number of carbonyl (C=O) groups excluding carboxylic acids is 2. The first kappa shape index (κ1) is 36.5. The first-order chi connectivity index (χ1) is 18.6. The molecule has 0 radical (unpaired) electrons. The minimum absolute atomic E-state index is 0.101. The fourth-order valence-electron chi connectivity index (χ4n) is 4.41. The van der Waals surface area contributed by atoms with Gasteiger partial charge in [0.2, 0.25) is 11.8 Å². The Hall–Kier alpha value is -1.49. The fraction of sp³-hybridized carbons (Fsp3) is 0.788. The molecule has 0 aromatic carbocycles. The van der Waals surface area contributed by atoms with Crippen LogP contribution in [0.5, 0.6) is 0 Å². The summed E-state index contributed by atoms with van der Waals surface area (Å²) in [6.45, 7) is 4.50. The van der Waals surface area contributed by atoms with Gasteiger partial charge < -0.3 is 10.6 Å². The van der Waals surface area contributed by atoms with Crippen molar-refractivity contribution < 1.29 is 9.59 Å². The van der Waals surface area contributed by atoms with E-state index >= 15 is 0 Å². The van der Waals surface area contributed by atoms with Crippen molar-refractivity contribution in [3.8, 4) is 0 Å². The molecule has 0 aromatic heterocycles. The Labute approximate surface area is 241 Å². The smallest absolute Gasteiger partial charge is 0.226 e. The van der Waals surface area contributed by atoms with E-state index < -0.39 is 0 Å². The Balaban J connectivity index is 3.51. The predicted molar refractivity (Wildman–Crippen MR) is 169 cm³/mol. The summed E-state index contributed by atoms with van der Waals surface area (Å²) >= 11 is 5.13. The first-order valence-electron chi connectivity index (χ1n) is 16.0. The maximum atomic E-state index is 12.1. The van der Waals surface area contributed by atoms with E-state index in [0.29, 0.717) is 12.8 Å². The number of nitrogens with one attached hydrogen (secondary N) is 2. The summed E-state index contributed by atoms with van der Waals surface area (Å²) in [7, 11) is 0. The summed E-state index contributed by atoms with van der Waals surface area (Å²) < 4.78 is 0. The number of carbonyl (C=O) groups is 2. The zero-order chi connectivity index (χ0) is 27.9. The number of amides is 2. The molecule has 0 spiro atoms. The van der Waals surface area contributed by atoms with Crippen LogP contribution in [0.15, 0.2) is 24.3 Å². The minimum Gasteiger partial charge on any atom is -0.303 e. The molecule has 0 aliphatic carbocycles. The molecule has 0 rings (SSSR count). The average molecular weight is 549 g/mol. The van der Waals surface area contributed by atoms with Gasteiger partial charge >= 0.3 is 0 Å². The second-order valence-corrected chi connectivity index (χ2v) is 11.1. The summed E-state index contributed by atoms with van der Waals surface area (Å²) in [5, 5.41) is 5.44. The molecule has 2 N–H and O–H groups in total. The Morgan fingerprint density at radius 3 is 1.11 bits per heavy atom. The normalized spacial score (nSPS) is 11.4. The third-order valence-electron chi connectivity index (χ3n) is 6.84. The van der Waals surface area contributed by atoms with Gasteiger partial charge in [0.25, 0.3) is 0 Å². The highest BCUT2D eigenvalue weighted by molar-refractivity contribution is 7.80. The van der Waals surface area contributed by atoms with E-state index in [2.05, 4.69) is 48.8 Å². The van der Waals surface area contributed by atoms with Gasteiger partial charge in [0, 0.05) is 12.8 Å². The second-order valence-electron chi connectivity index (χ2n) is 10.7. The lowest BCUT2D eigenvalue weighted by atomic mass is 10.1. The van der Waals surface area contributed by atoms with E-state index in [0.717, 1.165) is 38.5 Å². The zero-order valence-electron chi connectivity index (χ0n) is 25.0. The molecule has 0 unspecified atom stereocenters. The van der Waals surface area contributed by atoms with Crippen LogP contribution in [-0.2, 0) is 9.59 Å². The molecule has 0 saturated carbocycles. The molecule has 0 aliphatic rings. The van der Waals surface area contributed by atoms with Gasteiger partial charge in [-0.25, -0.2) is 0 Å². The van der Waals surface area contributed by atoms with Gasteiger partial charge in [-0.15, -0.1) is 0 Å². The Morgan fingerprint density at radius 1 is 0.474 bits per heavy atom. The molecule has 5 heteroatoms. The number of allylic oxidation sites excluding steroid dienone is 4. The molecule has 2 amide bonds. The Bertz CT molecular complexity index is 578. The standard InChI is InChI=1S/C33H60N2O2S/c1-3-5-7-9-11-13-15-17-19-21-23-25-27-29-31(36)34-33(38)35-32(37)30-28-26-24-22-20-18-16-14-12-10-8-6-4-2/h13-16H,3-12,17-30H2,1-2H3,(H2,34,35,36,37,38)/b15-13-,16-14-. The SMILES string of the molecule is CCCCCC/C=C\CCCCCCCC(=O)NC(=S)NC(=O)CCCCCCC/C=C\CCCCCC. The summed E-state index contributed by atoms with van der Waals surface area (Å²) in [6, 6.07) is 0. The number of rotatable bonds is 26. The lowest BCUT2D eigenvalue weighted by molar-refractivity contribution is -0.120. The third-order valence-corrected chi connectivity index (χ3v) is 7.04. The van der Waals surface area contributed by atoms with Crippen LogP contribution in [0.4, 0.5) is 0 Å². The maximum absolute atomic E-state index is 12.1. The van der Waals surface area contributed by atoms with Crippen LogP contribution in [0.25, 0.3) is 0 Å². The van der Waals surface area contributed by atoms with E-state index in [-0.39, 0.29) is 16.9 Å². The van der Waals surface area contributed by atoms with Gasteiger partial charge in [-0.3, -0.25) is 9.59 Å². The van der Waals surface area contributed by atoms with Crippen molar-refractivity contribution >= 4 is 29.1 Å². The highest BCUT2D eigenvalue weighted by Crippen LogP contribution is 2.10. The van der Waals surface area contributed by atoms with Crippen LogP contribution >= 0.6 is 12.2 Å². The van der Waals surface area contributed by atoms with Crippen molar-refractivity contribution in [2.24, 2.45) is 0 Å². The van der Waals surface area contributed by atoms with Gasteiger partial charge in [-0.1, -0.05) is 115 Å². The van der Waals surface area contributed by atoms with Gasteiger partial charge in [-0.05, 0) is 76.4 Å². The Morgan fingerprint density at radius 2 is 0.763 bits per heavy atom. The molecule has 0 heterocycles. The number of hydrogen-bond acceptors (Lipinski definition) is 3. The average Bonchev–Trinajstić information content (AvgIpc) is 2.89. The molecule has 0 aromatic rings. The van der Waals surface area contributed by atoms with Gasteiger partial charge in [0.15, 0.2) is 5.11 Å². The minimum atomic E-state index is -0.101. The number of thiocarbonyl (C=S) groups is 1. The van der Waals surface area contributed by atoms with Crippen molar-refractivity contribution in [2.45, 2.75) is 168 Å². The van der Waals surface area contributed by atoms with E-state index in [1.807, 2.05) is 0 Å². The zero-order valence-corrected chi connectivity index (χ0v) is 25.8. The Kier molecular flexibility index (Phi) is 28.9. The van der Waals surface area contributed by atoms with Gasteiger partial charge in [0.05, 0.1) is 0 Å². The van der Waals surface area contributed by atoms with Gasteiger partial charge in [0.1, 0.15) is 0 Å². The lowest BCUT2D eigenvalue weighted by Gasteiger charge is -2.08. The van der Waals surface area contributed by atoms with Crippen LogP contribution in [0, 0.1) is 0 Å². The van der Waals surface area contributed by atoms with Gasteiger partial charge in [-0.2, -0.15) is 0 Å². The van der Waals surface area contributed by atoms with Crippen LogP contribution in [0.3, 0.4) is 0 Å². The van der Waals surface area contributed by atoms with Crippen LogP contribution in [0.1, 0.15) is 168 Å². The van der Waals surface area contributed by atoms with Crippen molar-refractivity contribution in [3.63, 3.8) is 0 Å². The molecule has 220 valence electrons. The van der Waals surface area contributed by atoms with Crippen LogP contribution < -0.4 is 10.6 Å². The van der Waals surface area contributed by atoms with E-state index in [9.17, 15) is 9.59 Å². The van der Waals surface area contributed by atoms with E-state index in [4.69, 9.17) is 12.2 Å². The molecule has 0 fully saturated rings. The van der Waals surface area contributed by atoms with E-state index in [1.54, 1.807) is 0 Å². The third kappa shape index (κ3) is 29.1. The quantitative estimate of drug-likeness (QED) is 0.0642. The summed E-state index contributed by atoms with van der Waals surface area (Å²) in [5.41, 5.74) is 0. The molecule has 0 saturated heterocycles.